The van der Waals surface area contributed by atoms with Gasteiger partial charge in [0, 0.05) is 59.4 Å². The molecule has 0 spiro atoms. The van der Waals surface area contributed by atoms with Crippen LogP contribution in [-0.4, -0.2) is 88.6 Å². The zero-order chi connectivity index (χ0) is 40.9. The van der Waals surface area contributed by atoms with Gasteiger partial charge in [0.15, 0.2) is 10.3 Å². The van der Waals surface area contributed by atoms with Crippen molar-refractivity contribution >= 4 is 73.4 Å². The second-order valence-corrected chi connectivity index (χ2v) is 16.5. The zero-order valence-corrected chi connectivity index (χ0v) is 35.9. The molecule has 8 rings (SSSR count). The molecule has 58 heavy (non-hydrogen) atoms. The average Bonchev–Trinajstić information content (AvgIpc) is 4.10. The van der Waals surface area contributed by atoms with Crippen LogP contribution in [0.3, 0.4) is 0 Å². The van der Waals surface area contributed by atoms with Crippen LogP contribution in [-0.2, 0) is 22.6 Å². The maximum absolute atomic E-state index is 12.3. The van der Waals surface area contributed by atoms with Gasteiger partial charge in [-0.15, -0.1) is 22.7 Å². The molecular formula is C42H48BBrN6O6S2. The topological polar surface area (TPSA) is 135 Å². The molecule has 2 aliphatic rings. The van der Waals surface area contributed by atoms with E-state index in [1.165, 1.54) is 52.7 Å². The summed E-state index contributed by atoms with van der Waals surface area (Å²) in [5.74, 6) is -0.666. The maximum Gasteiger partial charge on any atom is 0.488 e. The van der Waals surface area contributed by atoms with Crippen molar-refractivity contribution in [3.05, 3.63) is 123 Å². The van der Waals surface area contributed by atoms with Crippen molar-refractivity contribution in [2.75, 3.05) is 50.2 Å². The largest absolute Gasteiger partial charge is 0.488 e. The number of esters is 2. The molecule has 4 aromatic heterocycles. The van der Waals surface area contributed by atoms with Crippen LogP contribution in [0.25, 0.3) is 11.1 Å². The van der Waals surface area contributed by atoms with Crippen LogP contribution in [0.15, 0.2) is 100 Å². The lowest BCUT2D eigenvalue weighted by atomic mass is 9.81. The van der Waals surface area contributed by atoms with Crippen LogP contribution in [0.5, 0.6) is 0 Å². The van der Waals surface area contributed by atoms with Gasteiger partial charge in [-0.3, -0.25) is 0 Å². The molecule has 0 saturated carbocycles. The van der Waals surface area contributed by atoms with Crippen molar-refractivity contribution in [1.82, 2.24) is 19.1 Å². The Morgan fingerprint density at radius 2 is 1.14 bits per heavy atom. The highest BCUT2D eigenvalue weighted by molar-refractivity contribution is 9.10. The summed E-state index contributed by atoms with van der Waals surface area (Å²) in [6, 6.07) is 22.4. The number of nitrogens with zero attached hydrogens (tertiary/aromatic N) is 6. The minimum atomic E-state index is -1.34. The van der Waals surface area contributed by atoms with Crippen molar-refractivity contribution in [1.29, 1.82) is 0 Å². The highest BCUT2D eigenvalue weighted by atomic mass is 79.9. The zero-order valence-electron chi connectivity index (χ0n) is 32.7. The van der Waals surface area contributed by atoms with Crippen LogP contribution in [0.4, 0.5) is 10.3 Å². The standard InChI is InChI=1S/C21H23N3O2S.C15H18BrN3O2S.C6H7BO2/c1-26-20(25)19-12-17(16-8-4-2-5-9-16)13-24(19)14-18-15-27-21(22-18)23-10-6-3-7-11-23;1-21-14(20)13-7-11(16)8-19(13)9-12-10-22-15(17-12)18-5-3-2-4-6-18;8-7(9)6-4-2-1-3-5-6/h2,4-5,8-9,12-13,15H,3,6-7,10-11,14H2,1H3;7-8,10H,2-6,9H2,1H3;1-5,8-9H. The van der Waals surface area contributed by atoms with E-state index in [4.69, 9.17) is 29.5 Å². The van der Waals surface area contributed by atoms with E-state index in [-0.39, 0.29) is 11.9 Å². The molecule has 2 N–H and O–H groups in total. The van der Waals surface area contributed by atoms with E-state index in [2.05, 4.69) is 36.5 Å². The van der Waals surface area contributed by atoms with Gasteiger partial charge in [0.2, 0.25) is 0 Å². The molecule has 16 heteroatoms. The van der Waals surface area contributed by atoms with Gasteiger partial charge in [-0.2, -0.15) is 0 Å². The molecule has 6 aromatic rings. The van der Waals surface area contributed by atoms with Gasteiger partial charge in [0.25, 0.3) is 0 Å². The Kier molecular flexibility index (Phi) is 15.8. The number of thiazole rings is 2. The molecule has 6 heterocycles. The van der Waals surface area contributed by atoms with E-state index < -0.39 is 7.12 Å². The summed E-state index contributed by atoms with van der Waals surface area (Å²) in [4.78, 5) is 38.3. The third-order valence-corrected chi connectivity index (χ3v) is 12.1. The Morgan fingerprint density at radius 1 is 0.672 bits per heavy atom. The third kappa shape index (κ3) is 11.7. The molecule has 0 unspecified atom stereocenters. The number of ether oxygens (including phenoxy) is 2. The molecule has 0 atom stereocenters. The van der Waals surface area contributed by atoms with Crippen LogP contribution >= 0.6 is 38.6 Å². The van der Waals surface area contributed by atoms with E-state index in [0.29, 0.717) is 29.9 Å². The van der Waals surface area contributed by atoms with Crippen molar-refractivity contribution in [2.24, 2.45) is 0 Å². The predicted octanol–water partition coefficient (Wildman–Crippen LogP) is 7.34. The number of halogens is 1. The van der Waals surface area contributed by atoms with E-state index >= 15 is 0 Å². The molecular weight excluding hydrogens is 839 g/mol. The van der Waals surface area contributed by atoms with Gasteiger partial charge < -0.3 is 38.5 Å². The van der Waals surface area contributed by atoms with Crippen LogP contribution in [0.2, 0.25) is 0 Å². The first-order valence-corrected chi connectivity index (χ1v) is 21.8. The van der Waals surface area contributed by atoms with Crippen molar-refractivity contribution in [2.45, 2.75) is 51.6 Å². The highest BCUT2D eigenvalue weighted by Gasteiger charge is 2.20. The Balaban J connectivity index is 0.000000164. The van der Waals surface area contributed by atoms with E-state index in [1.54, 1.807) is 53.0 Å². The second-order valence-electron chi connectivity index (χ2n) is 13.9. The van der Waals surface area contributed by atoms with Crippen LogP contribution < -0.4 is 15.3 Å². The van der Waals surface area contributed by atoms with Crippen molar-refractivity contribution in [3.63, 3.8) is 0 Å². The van der Waals surface area contributed by atoms with Gasteiger partial charge in [-0.05, 0) is 77.6 Å². The number of piperidine rings is 2. The molecule has 2 aliphatic heterocycles. The maximum atomic E-state index is 12.3. The average molecular weight is 888 g/mol. The first-order chi connectivity index (χ1) is 28.2. The van der Waals surface area contributed by atoms with Crippen LogP contribution in [0, 0.1) is 0 Å². The molecule has 0 aliphatic carbocycles. The first-order valence-electron chi connectivity index (χ1n) is 19.3. The first kappa shape index (κ1) is 42.9. The van der Waals surface area contributed by atoms with Gasteiger partial charge in [0.1, 0.15) is 11.4 Å². The summed E-state index contributed by atoms with van der Waals surface area (Å²) in [5, 5.41) is 23.5. The fourth-order valence-corrected chi connectivity index (χ4v) is 8.96. The number of carbonyl (C=O) groups excluding carboxylic acids is 2. The molecule has 304 valence electrons. The Bertz CT molecular complexity index is 2200. The molecule has 2 aromatic carbocycles. The minimum absolute atomic E-state index is 0.330. The fourth-order valence-electron chi connectivity index (χ4n) is 6.76. The fraction of sp³-hybridized carbons (Fsp3) is 0.333. The van der Waals surface area contributed by atoms with E-state index in [9.17, 15) is 9.59 Å². The number of rotatable bonds is 10. The van der Waals surface area contributed by atoms with Gasteiger partial charge >= 0.3 is 19.1 Å². The van der Waals surface area contributed by atoms with Crippen LogP contribution in [0.1, 0.15) is 70.9 Å². The Morgan fingerprint density at radius 3 is 1.60 bits per heavy atom. The molecule has 2 saturated heterocycles. The Hall–Kier alpha value is -4.74. The monoisotopic (exact) mass is 886 g/mol. The predicted molar refractivity (Wildman–Crippen MR) is 236 cm³/mol. The van der Waals surface area contributed by atoms with Crippen molar-refractivity contribution in [3.8, 4) is 11.1 Å². The van der Waals surface area contributed by atoms with Crippen molar-refractivity contribution < 1.29 is 29.1 Å². The third-order valence-electron chi connectivity index (χ3n) is 9.75. The number of benzene rings is 2. The second kappa shape index (κ2) is 21.3. The number of carbonyl (C=O) groups is 2. The summed E-state index contributed by atoms with van der Waals surface area (Å²) in [5.41, 5.74) is 5.62. The van der Waals surface area contributed by atoms with Gasteiger partial charge in [-0.25, -0.2) is 19.6 Å². The van der Waals surface area contributed by atoms with Gasteiger partial charge in [-0.1, -0.05) is 60.7 Å². The lowest BCUT2D eigenvalue weighted by Crippen LogP contribution is -2.29. The van der Waals surface area contributed by atoms with E-state index in [1.807, 2.05) is 64.0 Å². The number of methoxy groups -OCH3 is 2. The summed E-state index contributed by atoms with van der Waals surface area (Å²) < 4.78 is 14.5. The molecule has 0 amide bonds. The molecule has 2 fully saturated rings. The summed E-state index contributed by atoms with van der Waals surface area (Å²) >= 11 is 6.77. The summed E-state index contributed by atoms with van der Waals surface area (Å²) in [6.07, 6.45) is 11.5. The normalized spacial score (nSPS) is 13.8. The van der Waals surface area contributed by atoms with Gasteiger partial charge in [0.05, 0.1) is 38.7 Å². The minimum Gasteiger partial charge on any atom is -0.464 e. The Labute approximate surface area is 356 Å². The summed E-state index contributed by atoms with van der Waals surface area (Å²) in [6.45, 7) is 5.48. The molecule has 12 nitrogen and oxygen atoms in total. The van der Waals surface area contributed by atoms with E-state index in [0.717, 1.165) is 63.4 Å². The SMILES string of the molecule is COC(=O)c1cc(-c2ccccc2)cn1Cc1csc(N2CCCCC2)n1.COC(=O)c1cc(Br)cn1Cc1csc(N2CCCCC2)n1.OB(O)c1ccccc1. The summed E-state index contributed by atoms with van der Waals surface area (Å²) in [7, 11) is 1.47. The smallest absolute Gasteiger partial charge is 0.464 e. The number of hydrogen-bond acceptors (Lipinski definition) is 12. The lowest BCUT2D eigenvalue weighted by Gasteiger charge is -2.25. The lowest BCUT2D eigenvalue weighted by molar-refractivity contribution is 0.0580. The molecule has 0 bridgehead atoms. The highest BCUT2D eigenvalue weighted by Crippen LogP contribution is 2.28. The number of anilines is 2. The number of hydrogen-bond donors (Lipinski definition) is 2. The molecule has 0 radical (unpaired) electrons. The quantitative estimate of drug-likeness (QED) is 0.106. The number of aromatic nitrogens is 4.